The van der Waals surface area contributed by atoms with E-state index < -0.39 is 11.9 Å². The summed E-state index contributed by atoms with van der Waals surface area (Å²) in [7, 11) is 0. The number of hydrogen-bond donors (Lipinski definition) is 2. The van der Waals surface area contributed by atoms with E-state index in [9.17, 15) is 14.3 Å². The maximum absolute atomic E-state index is 13.8. The van der Waals surface area contributed by atoms with Gasteiger partial charge >= 0.3 is 0 Å². The van der Waals surface area contributed by atoms with Gasteiger partial charge in [-0.25, -0.2) is 9.37 Å². The number of aryl methyl sites for hydroxylation is 3. The van der Waals surface area contributed by atoms with Crippen molar-refractivity contribution in [1.29, 1.82) is 0 Å². The molecule has 0 aliphatic carbocycles. The van der Waals surface area contributed by atoms with E-state index in [4.69, 9.17) is 9.15 Å². The number of carbonyl (C=O) groups is 1. The van der Waals surface area contributed by atoms with Crippen LogP contribution in [0.3, 0.4) is 0 Å². The number of halogens is 1. The molecule has 1 amide bonds. The van der Waals surface area contributed by atoms with Crippen LogP contribution < -0.4 is 10.1 Å². The van der Waals surface area contributed by atoms with Gasteiger partial charge in [0.25, 0.3) is 0 Å². The zero-order valence-electron chi connectivity index (χ0n) is 17.0. The van der Waals surface area contributed by atoms with Crippen molar-refractivity contribution in [1.82, 2.24) is 10.3 Å². The van der Waals surface area contributed by atoms with Gasteiger partial charge in [-0.05, 0) is 37.1 Å². The molecule has 3 rings (SSSR count). The highest BCUT2D eigenvalue weighted by Gasteiger charge is 2.13. The average Bonchev–Trinajstić information content (AvgIpc) is 3.19. The van der Waals surface area contributed by atoms with E-state index in [0.717, 1.165) is 16.9 Å². The summed E-state index contributed by atoms with van der Waals surface area (Å²) in [6.45, 7) is 4.04. The number of aromatic nitrogens is 1. The first kappa shape index (κ1) is 21.5. The second kappa shape index (κ2) is 10.0. The zero-order valence-corrected chi connectivity index (χ0v) is 17.0. The molecule has 1 aromatic heterocycles. The molecule has 3 aromatic rings. The predicted molar refractivity (Wildman–Crippen MR) is 111 cm³/mol. The Hall–Kier alpha value is -3.19. The topological polar surface area (TPSA) is 84.6 Å². The lowest BCUT2D eigenvalue weighted by atomic mass is 10.1. The van der Waals surface area contributed by atoms with Gasteiger partial charge in [-0.1, -0.05) is 30.3 Å². The van der Waals surface area contributed by atoms with Gasteiger partial charge in [0.05, 0.1) is 11.8 Å². The first-order valence-electron chi connectivity index (χ1n) is 9.77. The van der Waals surface area contributed by atoms with Crippen LogP contribution in [0.5, 0.6) is 5.75 Å². The Labute approximate surface area is 174 Å². The first-order chi connectivity index (χ1) is 14.4. The summed E-state index contributed by atoms with van der Waals surface area (Å²) >= 11 is 0. The minimum absolute atomic E-state index is 0.0792. The molecule has 30 heavy (non-hydrogen) atoms. The van der Waals surface area contributed by atoms with E-state index >= 15 is 0 Å². The summed E-state index contributed by atoms with van der Waals surface area (Å²) in [6.07, 6.45) is 1.03. The first-order valence-corrected chi connectivity index (χ1v) is 9.77. The highest BCUT2D eigenvalue weighted by molar-refractivity contribution is 5.76. The molecule has 0 saturated heterocycles. The molecule has 0 bridgehead atoms. The van der Waals surface area contributed by atoms with E-state index in [-0.39, 0.29) is 31.9 Å². The summed E-state index contributed by atoms with van der Waals surface area (Å²) in [5, 5.41) is 12.7. The number of aliphatic hydroxyl groups is 1. The van der Waals surface area contributed by atoms with Crippen molar-refractivity contribution in [2.75, 3.05) is 13.2 Å². The summed E-state index contributed by atoms with van der Waals surface area (Å²) in [5.74, 6) is 0.782. The van der Waals surface area contributed by atoms with Crippen molar-refractivity contribution in [3.05, 3.63) is 71.5 Å². The van der Waals surface area contributed by atoms with Crippen LogP contribution in [0.25, 0.3) is 11.3 Å². The molecule has 6 nitrogen and oxygen atoms in total. The molecule has 0 spiro atoms. The molecule has 1 heterocycles. The van der Waals surface area contributed by atoms with Gasteiger partial charge in [0.15, 0.2) is 11.7 Å². The number of nitrogens with one attached hydrogen (secondary N) is 1. The molecule has 0 aliphatic rings. The van der Waals surface area contributed by atoms with E-state index in [1.807, 2.05) is 32.0 Å². The highest BCUT2D eigenvalue weighted by Crippen LogP contribution is 2.24. The van der Waals surface area contributed by atoms with Crippen LogP contribution in [0.1, 0.15) is 23.4 Å². The predicted octanol–water partition coefficient (Wildman–Crippen LogP) is 3.59. The third kappa shape index (κ3) is 5.67. The quantitative estimate of drug-likeness (QED) is 0.561. The maximum Gasteiger partial charge on any atom is 0.220 e. The van der Waals surface area contributed by atoms with Gasteiger partial charge < -0.3 is 19.6 Å². The molecule has 0 fully saturated rings. The average molecular weight is 412 g/mol. The van der Waals surface area contributed by atoms with Gasteiger partial charge in [0.2, 0.25) is 5.91 Å². The molecule has 1 unspecified atom stereocenters. The van der Waals surface area contributed by atoms with Crippen molar-refractivity contribution in [3.63, 3.8) is 0 Å². The van der Waals surface area contributed by atoms with E-state index in [2.05, 4.69) is 10.3 Å². The monoisotopic (exact) mass is 412 g/mol. The number of aliphatic hydroxyl groups excluding tert-OH is 1. The number of carbonyl (C=O) groups excluding carboxylic acids is 1. The molecular formula is C23H25FN2O4. The third-order valence-electron chi connectivity index (χ3n) is 4.62. The zero-order chi connectivity index (χ0) is 21.5. The number of rotatable bonds is 9. The van der Waals surface area contributed by atoms with Gasteiger partial charge in [-0.15, -0.1) is 0 Å². The molecule has 158 valence electrons. The standard InChI is InChI=1S/C23H25FN2O4/c1-15-6-5-7-16(2)23(15)29-14-17(27)12-25-21(28)10-11-22-26-13-20(30-22)18-8-3-4-9-19(18)24/h3-9,13,17,27H,10-12,14H2,1-2H3,(H,25,28). The van der Waals surface area contributed by atoms with Crippen LogP contribution in [0.2, 0.25) is 0 Å². The van der Waals surface area contributed by atoms with E-state index in [1.165, 1.54) is 12.3 Å². The lowest BCUT2D eigenvalue weighted by Crippen LogP contribution is -2.35. The van der Waals surface area contributed by atoms with E-state index in [0.29, 0.717) is 17.2 Å². The van der Waals surface area contributed by atoms with E-state index in [1.54, 1.807) is 18.2 Å². The molecule has 0 saturated carbocycles. The number of benzene rings is 2. The van der Waals surface area contributed by atoms with Crippen LogP contribution in [-0.4, -0.2) is 35.3 Å². The highest BCUT2D eigenvalue weighted by atomic mass is 19.1. The Bertz CT molecular complexity index is 982. The summed E-state index contributed by atoms with van der Waals surface area (Å²) in [4.78, 5) is 16.1. The fourth-order valence-corrected chi connectivity index (χ4v) is 3.02. The Kier molecular flexibility index (Phi) is 7.19. The summed E-state index contributed by atoms with van der Waals surface area (Å²) < 4.78 is 25.0. The number of para-hydroxylation sites is 1. The smallest absolute Gasteiger partial charge is 0.220 e. The molecule has 0 aliphatic heterocycles. The minimum Gasteiger partial charge on any atom is -0.490 e. The molecule has 2 N–H and O–H groups in total. The number of oxazole rings is 1. The minimum atomic E-state index is -0.831. The lowest BCUT2D eigenvalue weighted by Gasteiger charge is -2.16. The van der Waals surface area contributed by atoms with Crippen LogP contribution in [0.15, 0.2) is 53.1 Å². The van der Waals surface area contributed by atoms with Crippen LogP contribution >= 0.6 is 0 Å². The normalized spacial score (nSPS) is 11.9. The van der Waals surface area contributed by atoms with Crippen LogP contribution in [-0.2, 0) is 11.2 Å². The summed E-state index contributed by atoms with van der Waals surface area (Å²) in [6, 6.07) is 12.1. The van der Waals surface area contributed by atoms with Crippen LogP contribution in [0.4, 0.5) is 4.39 Å². The Morgan fingerprint density at radius 1 is 1.20 bits per heavy atom. The Morgan fingerprint density at radius 3 is 2.67 bits per heavy atom. The molecule has 7 heteroatoms. The fourth-order valence-electron chi connectivity index (χ4n) is 3.02. The van der Waals surface area contributed by atoms with Gasteiger partial charge in [-0.3, -0.25) is 4.79 Å². The van der Waals surface area contributed by atoms with Crippen molar-refractivity contribution in [3.8, 4) is 17.1 Å². The van der Waals surface area contributed by atoms with Gasteiger partial charge in [0.1, 0.15) is 24.3 Å². The van der Waals surface area contributed by atoms with Crippen molar-refractivity contribution >= 4 is 5.91 Å². The van der Waals surface area contributed by atoms with Gasteiger partial charge in [-0.2, -0.15) is 0 Å². The van der Waals surface area contributed by atoms with Crippen molar-refractivity contribution in [2.45, 2.75) is 32.8 Å². The SMILES string of the molecule is Cc1cccc(C)c1OCC(O)CNC(=O)CCc1ncc(-c2ccccc2F)o1. The summed E-state index contributed by atoms with van der Waals surface area (Å²) in [5.41, 5.74) is 2.31. The third-order valence-corrected chi connectivity index (χ3v) is 4.62. The molecular weight excluding hydrogens is 387 g/mol. The Morgan fingerprint density at radius 2 is 1.93 bits per heavy atom. The number of ether oxygens (including phenoxy) is 1. The fraction of sp³-hybridized carbons (Fsp3) is 0.304. The second-order valence-corrected chi connectivity index (χ2v) is 7.09. The van der Waals surface area contributed by atoms with Crippen molar-refractivity contribution in [2.24, 2.45) is 0 Å². The lowest BCUT2D eigenvalue weighted by molar-refractivity contribution is -0.121. The molecule has 0 radical (unpaired) electrons. The van der Waals surface area contributed by atoms with Crippen molar-refractivity contribution < 1.29 is 23.4 Å². The molecule has 1 atom stereocenters. The number of hydrogen-bond acceptors (Lipinski definition) is 5. The Balaban J connectivity index is 1.41. The van der Waals surface area contributed by atoms with Crippen LogP contribution in [0, 0.1) is 19.7 Å². The molecule has 2 aromatic carbocycles. The maximum atomic E-state index is 13.8. The number of amides is 1. The second-order valence-electron chi connectivity index (χ2n) is 7.09. The largest absolute Gasteiger partial charge is 0.490 e. The van der Waals surface area contributed by atoms with Gasteiger partial charge in [0, 0.05) is 19.4 Å². The number of nitrogens with zero attached hydrogens (tertiary/aromatic N) is 1.